The fraction of sp³-hybridized carbons (Fsp3) is 0.111. The summed E-state index contributed by atoms with van der Waals surface area (Å²) in [7, 11) is -0.853. The van der Waals surface area contributed by atoms with E-state index in [4.69, 9.17) is 0 Å². The maximum atomic E-state index is 4.08. The Morgan fingerprint density at radius 3 is 2.47 bits per heavy atom. The van der Waals surface area contributed by atoms with Crippen molar-refractivity contribution < 1.29 is 0 Å². The summed E-state index contributed by atoms with van der Waals surface area (Å²) >= 11 is 0. The molecule has 0 unspecified atom stereocenters. The lowest BCUT2D eigenvalue weighted by Crippen LogP contribution is -2.37. The maximum Gasteiger partial charge on any atom is 0.148 e. The molecule has 1 aliphatic rings. The highest BCUT2D eigenvalue weighted by molar-refractivity contribution is 6.93. The van der Waals surface area contributed by atoms with Crippen LogP contribution in [0.3, 0.4) is 0 Å². The summed E-state index contributed by atoms with van der Waals surface area (Å²) < 4.78 is 0. The predicted octanol–water partition coefficient (Wildman–Crippen LogP) is 3.26. The molecule has 0 nitrogen and oxygen atoms in total. The summed E-state index contributed by atoms with van der Waals surface area (Å²) in [6.07, 6.45) is 2.02. The van der Waals surface area contributed by atoms with Gasteiger partial charge in [0.2, 0.25) is 0 Å². The predicted molar refractivity (Wildman–Crippen MR) is 86.7 cm³/mol. The van der Waals surface area contributed by atoms with E-state index in [1.165, 1.54) is 38.2 Å². The van der Waals surface area contributed by atoms with Gasteiger partial charge in [-0.05, 0) is 52.0 Å². The van der Waals surface area contributed by atoms with Gasteiger partial charge in [-0.25, -0.2) is 0 Å². The zero-order valence-corrected chi connectivity index (χ0v) is 12.5. The van der Waals surface area contributed by atoms with Gasteiger partial charge < -0.3 is 0 Å². The Hall–Kier alpha value is -1.86. The Labute approximate surface area is 116 Å². The number of aryl methyl sites for hydroxylation is 1. The van der Waals surface area contributed by atoms with Crippen molar-refractivity contribution in [1.82, 2.24) is 0 Å². The van der Waals surface area contributed by atoms with Crippen LogP contribution < -0.4 is 10.4 Å². The minimum atomic E-state index is -0.853. The molecule has 0 spiro atoms. The monoisotopic (exact) mass is 261 g/mol. The summed E-state index contributed by atoms with van der Waals surface area (Å²) in [5.41, 5.74) is 8.94. The Kier molecular flexibility index (Phi) is 2.79. The lowest BCUT2D eigenvalue weighted by Gasteiger charge is -2.14. The normalized spacial score (nSPS) is 12.9. The molecule has 2 aromatic rings. The van der Waals surface area contributed by atoms with Crippen LogP contribution in [0.5, 0.6) is 0 Å². The maximum absolute atomic E-state index is 4.08. The van der Waals surface area contributed by atoms with E-state index in [1.54, 1.807) is 0 Å². The summed E-state index contributed by atoms with van der Waals surface area (Å²) in [6, 6.07) is 11.1. The third kappa shape index (κ3) is 1.58. The van der Waals surface area contributed by atoms with E-state index in [9.17, 15) is 0 Å². The van der Waals surface area contributed by atoms with Crippen LogP contribution in [0, 0.1) is 13.8 Å². The Morgan fingerprint density at radius 1 is 1.05 bits per heavy atom. The van der Waals surface area contributed by atoms with Gasteiger partial charge in [0.25, 0.3) is 0 Å². The first kappa shape index (κ1) is 12.2. The molecule has 0 aliphatic carbocycles. The van der Waals surface area contributed by atoms with Crippen molar-refractivity contribution in [2.45, 2.75) is 13.8 Å². The largest absolute Gasteiger partial charge is 0.148 e. The molecule has 1 radical (unpaired) electrons. The van der Waals surface area contributed by atoms with Crippen molar-refractivity contribution in [3.05, 3.63) is 65.9 Å². The van der Waals surface area contributed by atoms with Crippen LogP contribution in [0.4, 0.5) is 0 Å². The van der Waals surface area contributed by atoms with E-state index in [-0.39, 0.29) is 0 Å². The lowest BCUT2D eigenvalue weighted by atomic mass is 9.96. The first-order valence-electron chi connectivity index (χ1n) is 6.55. The zero-order valence-electron chi connectivity index (χ0n) is 11.5. The molecule has 0 saturated carbocycles. The first-order valence-corrected chi connectivity index (χ1v) is 8.13. The van der Waals surface area contributed by atoms with E-state index < -0.39 is 8.80 Å². The van der Waals surface area contributed by atoms with Crippen LogP contribution in [0.2, 0.25) is 0 Å². The third-order valence-electron chi connectivity index (χ3n) is 4.08. The molecule has 0 bridgehead atoms. The SMILES string of the molecule is C=Cc1c(C)c(C)cc2c1[Si](C=C)c1ccccc1-2. The minimum absolute atomic E-state index is 0.853. The van der Waals surface area contributed by atoms with Gasteiger partial charge in [-0.2, -0.15) is 0 Å². The molecule has 1 heterocycles. The fourth-order valence-corrected chi connectivity index (χ4v) is 5.55. The average molecular weight is 261 g/mol. The van der Waals surface area contributed by atoms with E-state index in [0.717, 1.165) is 0 Å². The summed E-state index contributed by atoms with van der Waals surface area (Å²) in [6.45, 7) is 12.5. The molecular formula is C18H17Si. The molecule has 0 saturated heterocycles. The topological polar surface area (TPSA) is 0 Å². The van der Waals surface area contributed by atoms with Gasteiger partial charge in [-0.1, -0.05) is 48.7 Å². The molecule has 0 aromatic heterocycles. The highest BCUT2D eigenvalue weighted by atomic mass is 28.3. The van der Waals surface area contributed by atoms with Crippen LogP contribution in [0.15, 0.2) is 49.2 Å². The van der Waals surface area contributed by atoms with Crippen LogP contribution >= 0.6 is 0 Å². The number of hydrogen-bond donors (Lipinski definition) is 0. The van der Waals surface area contributed by atoms with Crippen LogP contribution in [0.25, 0.3) is 17.2 Å². The van der Waals surface area contributed by atoms with Crippen LogP contribution in [-0.4, -0.2) is 8.80 Å². The van der Waals surface area contributed by atoms with E-state index in [1.807, 2.05) is 6.08 Å². The Bertz CT molecular complexity index is 695. The molecule has 93 valence electrons. The molecule has 0 amide bonds. The fourth-order valence-electron chi connectivity index (χ4n) is 3.00. The van der Waals surface area contributed by atoms with Crippen molar-refractivity contribution in [3.8, 4) is 11.1 Å². The molecular weight excluding hydrogens is 244 g/mol. The molecule has 1 heteroatoms. The van der Waals surface area contributed by atoms with Crippen molar-refractivity contribution >= 4 is 25.2 Å². The molecule has 0 fully saturated rings. The van der Waals surface area contributed by atoms with E-state index >= 15 is 0 Å². The quantitative estimate of drug-likeness (QED) is 0.728. The van der Waals surface area contributed by atoms with Crippen molar-refractivity contribution in [3.63, 3.8) is 0 Å². The number of hydrogen-bond acceptors (Lipinski definition) is 0. The lowest BCUT2D eigenvalue weighted by molar-refractivity contribution is 1.34. The van der Waals surface area contributed by atoms with Crippen LogP contribution in [0.1, 0.15) is 16.7 Å². The second kappa shape index (κ2) is 4.36. The zero-order chi connectivity index (χ0) is 13.6. The van der Waals surface area contributed by atoms with Crippen molar-refractivity contribution in [1.29, 1.82) is 0 Å². The molecule has 3 rings (SSSR count). The Morgan fingerprint density at radius 2 is 1.79 bits per heavy atom. The number of benzene rings is 2. The van der Waals surface area contributed by atoms with E-state index in [0.29, 0.717) is 0 Å². The van der Waals surface area contributed by atoms with Crippen LogP contribution in [-0.2, 0) is 0 Å². The number of rotatable bonds is 2. The second-order valence-corrected chi connectivity index (χ2v) is 7.30. The van der Waals surface area contributed by atoms with Gasteiger partial charge in [0.1, 0.15) is 8.80 Å². The highest BCUT2D eigenvalue weighted by Crippen LogP contribution is 2.28. The smallest absolute Gasteiger partial charge is 0.106 e. The van der Waals surface area contributed by atoms with Crippen molar-refractivity contribution in [2.24, 2.45) is 0 Å². The van der Waals surface area contributed by atoms with Gasteiger partial charge in [-0.15, -0.1) is 6.58 Å². The molecule has 0 atom stereocenters. The summed E-state index contributed by atoms with van der Waals surface area (Å²) in [5.74, 6) is 0. The average Bonchev–Trinajstić information content (AvgIpc) is 2.74. The summed E-state index contributed by atoms with van der Waals surface area (Å²) in [5, 5.41) is 2.94. The molecule has 2 aromatic carbocycles. The number of fused-ring (bicyclic) bond motifs is 3. The van der Waals surface area contributed by atoms with Gasteiger partial charge in [0.15, 0.2) is 0 Å². The van der Waals surface area contributed by atoms with Gasteiger partial charge >= 0.3 is 0 Å². The Balaban J connectivity index is 2.44. The standard InChI is InChI=1S/C18H17Si/c1-5-14-13(4)12(3)11-16-15-9-7-8-10-17(15)19(6-2)18(14)16/h5-11H,1-2H2,3-4H3. The molecule has 1 aliphatic heterocycles. The molecule has 19 heavy (non-hydrogen) atoms. The summed E-state index contributed by atoms with van der Waals surface area (Å²) in [4.78, 5) is 0. The first-order chi connectivity index (χ1) is 9.19. The second-order valence-electron chi connectivity index (χ2n) is 5.02. The van der Waals surface area contributed by atoms with Gasteiger partial charge in [-0.3, -0.25) is 0 Å². The van der Waals surface area contributed by atoms with Crippen molar-refractivity contribution in [2.75, 3.05) is 0 Å². The third-order valence-corrected chi connectivity index (χ3v) is 6.58. The van der Waals surface area contributed by atoms with E-state index in [2.05, 4.69) is 63.0 Å². The van der Waals surface area contributed by atoms with Gasteiger partial charge in [0.05, 0.1) is 0 Å². The molecule has 0 N–H and O–H groups in total. The minimum Gasteiger partial charge on any atom is -0.106 e. The van der Waals surface area contributed by atoms with Gasteiger partial charge in [0, 0.05) is 0 Å². The highest BCUT2D eigenvalue weighted by Gasteiger charge is 2.30.